The number of halogens is 1. The van der Waals surface area contributed by atoms with Crippen molar-refractivity contribution in [2.45, 2.75) is 23.9 Å². The molecule has 1 heterocycles. The molecule has 0 radical (unpaired) electrons. The average Bonchev–Trinajstić information content (AvgIpc) is 2.94. The van der Waals surface area contributed by atoms with Gasteiger partial charge in [0, 0.05) is 7.05 Å². The second-order valence-corrected chi connectivity index (χ2v) is 6.63. The number of amides is 2. The highest BCUT2D eigenvalue weighted by molar-refractivity contribution is 8.00. The highest BCUT2D eigenvalue weighted by Gasteiger charge is 2.21. The van der Waals surface area contributed by atoms with E-state index in [0.717, 1.165) is 11.8 Å². The fourth-order valence-electron chi connectivity index (χ4n) is 1.74. The first kappa shape index (κ1) is 19.1. The van der Waals surface area contributed by atoms with Crippen LogP contribution in [0.2, 0.25) is 5.02 Å². The van der Waals surface area contributed by atoms with Gasteiger partial charge in [-0.05, 0) is 19.1 Å². The van der Waals surface area contributed by atoms with Gasteiger partial charge in [0.1, 0.15) is 12.4 Å². The Kier molecular flexibility index (Phi) is 6.65. The molecule has 0 aliphatic rings. The first-order valence-corrected chi connectivity index (χ1v) is 8.49. The maximum Gasteiger partial charge on any atom is 0.413 e. The van der Waals surface area contributed by atoms with E-state index in [1.54, 1.807) is 30.7 Å². The van der Waals surface area contributed by atoms with Crippen LogP contribution in [0.4, 0.5) is 4.79 Å². The molecule has 2 amide bonds. The van der Waals surface area contributed by atoms with E-state index in [2.05, 4.69) is 20.3 Å². The number of carbonyl (C=O) groups excluding carboxylic acids is 2. The number of nitrogens with zero attached hydrogens (tertiary/aromatic N) is 3. The molecule has 1 aromatic carbocycles. The van der Waals surface area contributed by atoms with Crippen LogP contribution in [-0.4, -0.2) is 39.1 Å². The summed E-state index contributed by atoms with van der Waals surface area (Å²) in [7, 11) is 2.95. The van der Waals surface area contributed by atoms with Gasteiger partial charge in [0.15, 0.2) is 11.0 Å². The molecule has 1 atom stereocenters. The monoisotopic (exact) mass is 384 g/mol. The number of rotatable bonds is 6. The lowest BCUT2D eigenvalue weighted by Gasteiger charge is -2.10. The summed E-state index contributed by atoms with van der Waals surface area (Å²) in [5.41, 5.74) is 0. The minimum absolute atomic E-state index is 0.177. The predicted octanol–water partition coefficient (Wildman–Crippen LogP) is 2.41. The number of hydrogen-bond acceptors (Lipinski definition) is 7. The summed E-state index contributed by atoms with van der Waals surface area (Å²) in [5, 5.41) is 10.7. The van der Waals surface area contributed by atoms with Gasteiger partial charge in [-0.15, -0.1) is 10.2 Å². The normalized spacial score (nSPS) is 11.7. The van der Waals surface area contributed by atoms with E-state index in [1.165, 1.54) is 7.11 Å². The van der Waals surface area contributed by atoms with Crippen molar-refractivity contribution < 1.29 is 19.1 Å². The molecule has 2 rings (SSSR count). The van der Waals surface area contributed by atoms with Crippen LogP contribution < -0.4 is 10.1 Å². The topological polar surface area (TPSA) is 95.3 Å². The van der Waals surface area contributed by atoms with Crippen molar-refractivity contribution in [2.24, 2.45) is 7.05 Å². The highest BCUT2D eigenvalue weighted by Crippen LogP contribution is 2.25. The number of aromatic nitrogens is 3. The molecule has 1 N–H and O–H groups in total. The first-order valence-electron chi connectivity index (χ1n) is 7.23. The van der Waals surface area contributed by atoms with E-state index in [9.17, 15) is 9.59 Å². The number of nitrogens with one attached hydrogen (secondary N) is 1. The van der Waals surface area contributed by atoms with Crippen molar-refractivity contribution in [3.8, 4) is 5.75 Å². The smallest absolute Gasteiger partial charge is 0.413 e. The minimum Gasteiger partial charge on any atom is -0.484 e. The predicted molar refractivity (Wildman–Crippen MR) is 92.7 cm³/mol. The fraction of sp³-hybridized carbons (Fsp3) is 0.333. The Bertz CT molecular complexity index is 768. The van der Waals surface area contributed by atoms with Crippen LogP contribution in [0.25, 0.3) is 0 Å². The molecule has 1 aromatic heterocycles. The summed E-state index contributed by atoms with van der Waals surface area (Å²) in [6.07, 6.45) is -0.802. The van der Waals surface area contributed by atoms with Crippen molar-refractivity contribution in [1.29, 1.82) is 0 Å². The Morgan fingerprint density at radius 3 is 2.76 bits per heavy atom. The van der Waals surface area contributed by atoms with Crippen LogP contribution in [0.15, 0.2) is 29.4 Å². The van der Waals surface area contributed by atoms with E-state index in [0.29, 0.717) is 21.8 Å². The van der Waals surface area contributed by atoms with Gasteiger partial charge in [-0.25, -0.2) is 4.79 Å². The summed E-state index contributed by atoms with van der Waals surface area (Å²) in [6.45, 7) is 1.83. The number of imide groups is 1. The number of hydrogen-bond donors (Lipinski definition) is 1. The zero-order chi connectivity index (χ0) is 18.4. The average molecular weight is 385 g/mol. The van der Waals surface area contributed by atoms with E-state index in [4.69, 9.17) is 16.3 Å². The zero-order valence-corrected chi connectivity index (χ0v) is 15.4. The van der Waals surface area contributed by atoms with E-state index < -0.39 is 17.3 Å². The maximum atomic E-state index is 11.9. The molecule has 10 heteroatoms. The molecule has 0 aliphatic heterocycles. The first-order chi connectivity index (χ1) is 11.9. The number of alkyl carbamates (subject to hydrolysis) is 1. The van der Waals surface area contributed by atoms with Gasteiger partial charge in [-0.2, -0.15) is 0 Å². The van der Waals surface area contributed by atoms with Crippen LogP contribution in [0, 0.1) is 0 Å². The SMILES string of the molecule is COC(=O)NC(=O)[C@H](C)Sc1nnc(COc2ccccc2Cl)n1C. The lowest BCUT2D eigenvalue weighted by atomic mass is 10.3. The quantitative estimate of drug-likeness (QED) is 0.764. The van der Waals surface area contributed by atoms with Crippen molar-refractivity contribution in [3.05, 3.63) is 35.1 Å². The molecule has 0 unspecified atom stereocenters. The van der Waals surface area contributed by atoms with Gasteiger partial charge in [-0.3, -0.25) is 10.1 Å². The summed E-state index contributed by atoms with van der Waals surface area (Å²) in [6, 6.07) is 7.12. The summed E-state index contributed by atoms with van der Waals surface area (Å²) in [4.78, 5) is 22.9. The molecule has 8 nitrogen and oxygen atoms in total. The van der Waals surface area contributed by atoms with Gasteiger partial charge in [0.25, 0.3) is 0 Å². The van der Waals surface area contributed by atoms with Crippen LogP contribution in [0.3, 0.4) is 0 Å². The van der Waals surface area contributed by atoms with Crippen molar-refractivity contribution in [3.63, 3.8) is 0 Å². The largest absolute Gasteiger partial charge is 0.484 e. The molecular formula is C15H17ClN4O4S. The van der Waals surface area contributed by atoms with Crippen molar-refractivity contribution >= 4 is 35.4 Å². The summed E-state index contributed by atoms with van der Waals surface area (Å²) in [5.74, 6) is 0.643. The molecule has 0 saturated carbocycles. The molecule has 25 heavy (non-hydrogen) atoms. The zero-order valence-electron chi connectivity index (χ0n) is 13.9. The van der Waals surface area contributed by atoms with Gasteiger partial charge in [0.2, 0.25) is 5.91 Å². The third kappa shape index (κ3) is 5.10. The van der Waals surface area contributed by atoms with Crippen LogP contribution >= 0.6 is 23.4 Å². The number of carbonyl (C=O) groups is 2. The molecule has 0 spiro atoms. The van der Waals surface area contributed by atoms with Gasteiger partial charge in [-0.1, -0.05) is 35.5 Å². The molecule has 0 bridgehead atoms. The van der Waals surface area contributed by atoms with E-state index in [1.807, 2.05) is 12.1 Å². The minimum atomic E-state index is -0.802. The van der Waals surface area contributed by atoms with Crippen LogP contribution in [0.5, 0.6) is 5.75 Å². The van der Waals surface area contributed by atoms with Crippen molar-refractivity contribution in [2.75, 3.05) is 7.11 Å². The molecule has 0 saturated heterocycles. The van der Waals surface area contributed by atoms with Gasteiger partial charge < -0.3 is 14.0 Å². The Hall–Kier alpha value is -2.26. The number of para-hydroxylation sites is 1. The maximum absolute atomic E-state index is 11.9. The Labute approximate surface area is 153 Å². The number of ether oxygens (including phenoxy) is 2. The summed E-state index contributed by atoms with van der Waals surface area (Å²) < 4.78 is 11.7. The number of benzene rings is 1. The van der Waals surface area contributed by atoms with Gasteiger partial charge >= 0.3 is 6.09 Å². The third-order valence-corrected chi connectivity index (χ3v) is 4.63. The number of methoxy groups -OCH3 is 1. The fourth-order valence-corrected chi connectivity index (χ4v) is 2.77. The molecule has 134 valence electrons. The molecule has 2 aromatic rings. The van der Waals surface area contributed by atoms with Crippen LogP contribution in [-0.2, 0) is 23.2 Å². The summed E-state index contributed by atoms with van der Waals surface area (Å²) >= 11 is 7.20. The Morgan fingerprint density at radius 2 is 2.08 bits per heavy atom. The molecule has 0 aliphatic carbocycles. The van der Waals surface area contributed by atoms with Crippen molar-refractivity contribution in [1.82, 2.24) is 20.1 Å². The third-order valence-electron chi connectivity index (χ3n) is 3.18. The Balaban J connectivity index is 1.97. The van der Waals surface area contributed by atoms with E-state index >= 15 is 0 Å². The number of thioether (sulfide) groups is 1. The standard InChI is InChI=1S/C15H17ClN4O4S/c1-9(13(21)17-15(22)23-3)25-14-19-18-12(20(14)2)8-24-11-7-5-4-6-10(11)16/h4-7,9H,8H2,1-3H3,(H,17,21,22)/t9-/m0/s1. The van der Waals surface area contributed by atoms with Crippen LogP contribution in [0.1, 0.15) is 12.7 Å². The lowest BCUT2D eigenvalue weighted by molar-refractivity contribution is -0.119. The Morgan fingerprint density at radius 1 is 1.36 bits per heavy atom. The second kappa shape index (κ2) is 8.72. The van der Waals surface area contributed by atoms with Gasteiger partial charge in [0.05, 0.1) is 17.4 Å². The second-order valence-electron chi connectivity index (χ2n) is 4.92. The lowest BCUT2D eigenvalue weighted by Crippen LogP contribution is -2.35. The highest BCUT2D eigenvalue weighted by atomic mass is 35.5. The molecular weight excluding hydrogens is 368 g/mol. The van der Waals surface area contributed by atoms with E-state index in [-0.39, 0.29) is 6.61 Å². The molecule has 0 fully saturated rings.